The molecule has 0 amide bonds. The minimum absolute atomic E-state index is 0.138. The molecular weight excluding hydrogens is 244 g/mol. The molecule has 2 aromatic rings. The average molecular weight is 258 g/mol. The first kappa shape index (κ1) is 12.9. The standard InChI is InChI=1S/C14H14N2O3/c1-9-7-11(5-6-15-9)16-10-3-4-12(14(17)18)13(8-10)19-2/h3-8H,1-2H3,(H,15,16)(H,17,18). The van der Waals surface area contributed by atoms with Crippen LogP contribution in [0.4, 0.5) is 11.4 Å². The van der Waals surface area contributed by atoms with Crippen molar-refractivity contribution in [2.24, 2.45) is 0 Å². The van der Waals surface area contributed by atoms with E-state index in [9.17, 15) is 4.79 Å². The fourth-order valence-corrected chi connectivity index (χ4v) is 1.74. The van der Waals surface area contributed by atoms with Crippen molar-refractivity contribution in [1.29, 1.82) is 0 Å². The minimum atomic E-state index is -1.01. The monoisotopic (exact) mass is 258 g/mol. The highest BCUT2D eigenvalue weighted by Gasteiger charge is 2.11. The lowest BCUT2D eigenvalue weighted by atomic mass is 10.1. The number of anilines is 2. The Balaban J connectivity index is 2.29. The summed E-state index contributed by atoms with van der Waals surface area (Å²) in [5.74, 6) is -0.688. The molecule has 0 atom stereocenters. The van der Waals surface area contributed by atoms with Crippen LogP contribution in [0.5, 0.6) is 5.75 Å². The quantitative estimate of drug-likeness (QED) is 0.882. The topological polar surface area (TPSA) is 71.5 Å². The molecule has 0 aliphatic rings. The van der Waals surface area contributed by atoms with Crippen molar-refractivity contribution in [3.63, 3.8) is 0 Å². The summed E-state index contributed by atoms with van der Waals surface area (Å²) in [6.45, 7) is 1.90. The van der Waals surface area contributed by atoms with Crippen molar-refractivity contribution in [2.75, 3.05) is 12.4 Å². The highest BCUT2D eigenvalue weighted by molar-refractivity contribution is 5.91. The molecule has 0 aliphatic carbocycles. The first-order valence-electron chi connectivity index (χ1n) is 5.71. The summed E-state index contributed by atoms with van der Waals surface area (Å²) in [7, 11) is 1.45. The number of carbonyl (C=O) groups is 1. The summed E-state index contributed by atoms with van der Waals surface area (Å²) in [6.07, 6.45) is 1.71. The molecular formula is C14H14N2O3. The second-order valence-corrected chi connectivity index (χ2v) is 4.03. The Labute approximate surface area is 110 Å². The molecule has 98 valence electrons. The van der Waals surface area contributed by atoms with Crippen molar-refractivity contribution in [3.05, 3.63) is 47.8 Å². The van der Waals surface area contributed by atoms with E-state index >= 15 is 0 Å². The molecule has 0 aliphatic heterocycles. The van der Waals surface area contributed by atoms with Crippen LogP contribution in [0.1, 0.15) is 16.1 Å². The molecule has 0 fully saturated rings. The highest BCUT2D eigenvalue weighted by Crippen LogP contribution is 2.25. The molecule has 0 saturated carbocycles. The van der Waals surface area contributed by atoms with E-state index in [1.54, 1.807) is 18.3 Å². The predicted octanol–water partition coefficient (Wildman–Crippen LogP) is 2.84. The smallest absolute Gasteiger partial charge is 0.339 e. The van der Waals surface area contributed by atoms with Crippen LogP contribution in [0.2, 0.25) is 0 Å². The van der Waals surface area contributed by atoms with E-state index in [1.165, 1.54) is 13.2 Å². The molecule has 0 saturated heterocycles. The lowest BCUT2D eigenvalue weighted by Gasteiger charge is -2.10. The fourth-order valence-electron chi connectivity index (χ4n) is 1.74. The normalized spacial score (nSPS) is 10.0. The number of nitrogens with one attached hydrogen (secondary N) is 1. The summed E-state index contributed by atoms with van der Waals surface area (Å²) in [4.78, 5) is 15.1. The zero-order valence-electron chi connectivity index (χ0n) is 10.7. The minimum Gasteiger partial charge on any atom is -0.496 e. The first-order valence-corrected chi connectivity index (χ1v) is 5.71. The molecule has 0 unspecified atom stereocenters. The Bertz CT molecular complexity index is 611. The van der Waals surface area contributed by atoms with Gasteiger partial charge in [-0.05, 0) is 31.2 Å². The van der Waals surface area contributed by atoms with Crippen LogP contribution in [0.25, 0.3) is 0 Å². The molecule has 1 aromatic carbocycles. The number of hydrogen-bond donors (Lipinski definition) is 2. The zero-order valence-corrected chi connectivity index (χ0v) is 10.7. The summed E-state index contributed by atoms with van der Waals surface area (Å²) < 4.78 is 5.08. The number of benzene rings is 1. The van der Waals surface area contributed by atoms with Crippen LogP contribution < -0.4 is 10.1 Å². The number of pyridine rings is 1. The Morgan fingerprint density at radius 2 is 2.00 bits per heavy atom. The maximum Gasteiger partial charge on any atom is 0.339 e. The van der Waals surface area contributed by atoms with Gasteiger partial charge in [0.1, 0.15) is 11.3 Å². The van der Waals surface area contributed by atoms with Gasteiger partial charge in [-0.15, -0.1) is 0 Å². The Kier molecular flexibility index (Phi) is 3.66. The van der Waals surface area contributed by atoms with Crippen molar-refractivity contribution in [3.8, 4) is 5.75 Å². The van der Waals surface area contributed by atoms with Gasteiger partial charge in [-0.1, -0.05) is 0 Å². The third-order valence-corrected chi connectivity index (χ3v) is 2.62. The first-order chi connectivity index (χ1) is 9.10. The lowest BCUT2D eigenvalue weighted by molar-refractivity contribution is 0.0693. The van der Waals surface area contributed by atoms with E-state index in [0.717, 1.165) is 17.1 Å². The van der Waals surface area contributed by atoms with Crippen molar-refractivity contribution < 1.29 is 14.6 Å². The van der Waals surface area contributed by atoms with E-state index < -0.39 is 5.97 Å². The van der Waals surface area contributed by atoms with E-state index in [4.69, 9.17) is 9.84 Å². The van der Waals surface area contributed by atoms with Crippen LogP contribution in [-0.4, -0.2) is 23.2 Å². The molecule has 19 heavy (non-hydrogen) atoms. The SMILES string of the molecule is COc1cc(Nc2ccnc(C)c2)ccc1C(=O)O. The molecule has 5 nitrogen and oxygen atoms in total. The van der Waals surface area contributed by atoms with Crippen LogP contribution >= 0.6 is 0 Å². The summed E-state index contributed by atoms with van der Waals surface area (Å²) in [5.41, 5.74) is 2.68. The number of hydrogen-bond acceptors (Lipinski definition) is 4. The summed E-state index contributed by atoms with van der Waals surface area (Å²) in [5, 5.41) is 12.2. The lowest BCUT2D eigenvalue weighted by Crippen LogP contribution is -2.01. The third-order valence-electron chi connectivity index (χ3n) is 2.62. The molecule has 1 heterocycles. The summed E-state index contributed by atoms with van der Waals surface area (Å²) >= 11 is 0. The van der Waals surface area contributed by atoms with Gasteiger partial charge in [0.15, 0.2) is 0 Å². The van der Waals surface area contributed by atoms with Crippen molar-refractivity contribution >= 4 is 17.3 Å². The van der Waals surface area contributed by atoms with Crippen molar-refractivity contribution in [2.45, 2.75) is 6.92 Å². The highest BCUT2D eigenvalue weighted by atomic mass is 16.5. The molecule has 2 N–H and O–H groups in total. The van der Waals surface area contributed by atoms with Crippen LogP contribution in [0.3, 0.4) is 0 Å². The second-order valence-electron chi connectivity index (χ2n) is 4.03. The van der Waals surface area contributed by atoms with Gasteiger partial charge in [-0.25, -0.2) is 4.79 Å². The van der Waals surface area contributed by atoms with E-state index in [1.807, 2.05) is 19.1 Å². The number of aromatic carboxylic acids is 1. The van der Waals surface area contributed by atoms with Crippen LogP contribution in [0, 0.1) is 6.92 Å². The van der Waals surface area contributed by atoms with Gasteiger partial charge in [-0.2, -0.15) is 0 Å². The summed E-state index contributed by atoms with van der Waals surface area (Å²) in [6, 6.07) is 8.60. The largest absolute Gasteiger partial charge is 0.496 e. The maximum absolute atomic E-state index is 11.0. The third kappa shape index (κ3) is 3.01. The van der Waals surface area contributed by atoms with Gasteiger partial charge in [0.25, 0.3) is 0 Å². The Hall–Kier alpha value is -2.56. The Morgan fingerprint density at radius 1 is 1.26 bits per heavy atom. The number of nitrogens with zero attached hydrogens (tertiary/aromatic N) is 1. The van der Waals surface area contributed by atoms with Gasteiger partial charge in [0.2, 0.25) is 0 Å². The van der Waals surface area contributed by atoms with Gasteiger partial charge in [0.05, 0.1) is 7.11 Å². The van der Waals surface area contributed by atoms with Gasteiger partial charge < -0.3 is 15.2 Å². The Morgan fingerprint density at radius 3 is 2.63 bits per heavy atom. The number of ether oxygens (including phenoxy) is 1. The van der Waals surface area contributed by atoms with E-state index in [2.05, 4.69) is 10.3 Å². The molecule has 2 rings (SSSR count). The van der Waals surface area contributed by atoms with E-state index in [0.29, 0.717) is 5.75 Å². The number of carboxylic acid groups (broad SMARTS) is 1. The average Bonchev–Trinajstić information content (AvgIpc) is 2.38. The van der Waals surface area contributed by atoms with Crippen molar-refractivity contribution in [1.82, 2.24) is 4.98 Å². The molecule has 5 heteroatoms. The van der Waals surface area contributed by atoms with Crippen LogP contribution in [0.15, 0.2) is 36.5 Å². The molecule has 1 aromatic heterocycles. The molecule has 0 bridgehead atoms. The number of methoxy groups -OCH3 is 1. The number of aromatic nitrogens is 1. The number of aryl methyl sites for hydroxylation is 1. The number of carboxylic acids is 1. The number of rotatable bonds is 4. The molecule has 0 spiro atoms. The second kappa shape index (κ2) is 5.39. The predicted molar refractivity (Wildman–Crippen MR) is 72.2 cm³/mol. The van der Waals surface area contributed by atoms with Gasteiger partial charge in [0, 0.05) is 29.3 Å². The molecule has 0 radical (unpaired) electrons. The van der Waals surface area contributed by atoms with Crippen LogP contribution in [-0.2, 0) is 0 Å². The van der Waals surface area contributed by atoms with E-state index in [-0.39, 0.29) is 5.56 Å². The fraction of sp³-hybridized carbons (Fsp3) is 0.143. The van der Waals surface area contributed by atoms with Gasteiger partial charge in [-0.3, -0.25) is 4.98 Å². The maximum atomic E-state index is 11.0. The van der Waals surface area contributed by atoms with Gasteiger partial charge >= 0.3 is 5.97 Å². The zero-order chi connectivity index (χ0) is 13.8.